The van der Waals surface area contributed by atoms with Gasteiger partial charge in [0.05, 0.1) is 19.5 Å². The Morgan fingerprint density at radius 3 is 2.35 bits per heavy atom. The lowest BCUT2D eigenvalue weighted by molar-refractivity contribution is 0.0593. The summed E-state index contributed by atoms with van der Waals surface area (Å²) in [6.45, 7) is 0. The number of hydrogen-bond acceptors (Lipinski definition) is 6. The van der Waals surface area contributed by atoms with Gasteiger partial charge >= 0.3 is 5.97 Å². The maximum Gasteiger partial charge on any atom is 0.358 e. The fourth-order valence-electron chi connectivity index (χ4n) is 1.59. The molecule has 20 heavy (non-hydrogen) atoms. The van der Waals surface area contributed by atoms with Gasteiger partial charge < -0.3 is 15.0 Å². The molecule has 0 fully saturated rings. The third kappa shape index (κ3) is 3.23. The number of methoxy groups -OCH3 is 1. The molecule has 1 aromatic heterocycles. The first-order chi connectivity index (χ1) is 9.60. The van der Waals surface area contributed by atoms with E-state index in [1.165, 1.54) is 19.5 Å². The van der Waals surface area contributed by atoms with Gasteiger partial charge in [0.2, 0.25) is 0 Å². The summed E-state index contributed by atoms with van der Waals surface area (Å²) in [5.74, 6) is 0.0645. The van der Waals surface area contributed by atoms with Crippen molar-refractivity contribution in [2.75, 3.05) is 31.4 Å². The Morgan fingerprint density at radius 2 is 1.85 bits per heavy atom. The van der Waals surface area contributed by atoms with Gasteiger partial charge in [-0.1, -0.05) is 0 Å². The van der Waals surface area contributed by atoms with Crippen LogP contribution in [0.1, 0.15) is 10.5 Å². The van der Waals surface area contributed by atoms with Gasteiger partial charge in [-0.05, 0) is 24.3 Å². The molecule has 0 saturated heterocycles. The molecule has 0 atom stereocenters. The molecule has 0 aliphatic rings. The van der Waals surface area contributed by atoms with E-state index in [1.807, 2.05) is 43.3 Å². The molecule has 0 saturated carbocycles. The molecule has 1 heterocycles. The van der Waals surface area contributed by atoms with E-state index in [-0.39, 0.29) is 5.69 Å². The Morgan fingerprint density at radius 1 is 1.15 bits per heavy atom. The Hall–Kier alpha value is -2.63. The van der Waals surface area contributed by atoms with E-state index in [9.17, 15) is 4.79 Å². The molecule has 2 rings (SSSR count). The van der Waals surface area contributed by atoms with E-state index in [0.717, 1.165) is 11.4 Å². The van der Waals surface area contributed by atoms with Gasteiger partial charge in [0.1, 0.15) is 5.82 Å². The van der Waals surface area contributed by atoms with Gasteiger partial charge in [-0.15, -0.1) is 0 Å². The van der Waals surface area contributed by atoms with E-state index in [4.69, 9.17) is 0 Å². The van der Waals surface area contributed by atoms with Crippen molar-refractivity contribution in [3.8, 4) is 0 Å². The number of nitrogens with zero attached hydrogens (tertiary/aromatic N) is 3. The summed E-state index contributed by atoms with van der Waals surface area (Å²) >= 11 is 0. The van der Waals surface area contributed by atoms with Crippen LogP contribution in [0.25, 0.3) is 0 Å². The van der Waals surface area contributed by atoms with Gasteiger partial charge in [0.25, 0.3) is 0 Å². The fraction of sp³-hybridized carbons (Fsp3) is 0.214. The third-order valence-electron chi connectivity index (χ3n) is 2.70. The number of esters is 1. The number of carbonyl (C=O) groups is 1. The highest BCUT2D eigenvalue weighted by molar-refractivity contribution is 5.86. The first kappa shape index (κ1) is 13.8. The smallest absolute Gasteiger partial charge is 0.358 e. The second kappa shape index (κ2) is 6.01. The zero-order valence-corrected chi connectivity index (χ0v) is 11.6. The van der Waals surface area contributed by atoms with E-state index in [0.29, 0.717) is 5.82 Å². The van der Waals surface area contributed by atoms with Crippen LogP contribution in [0.5, 0.6) is 0 Å². The molecule has 0 radical (unpaired) electrons. The maximum atomic E-state index is 11.2. The van der Waals surface area contributed by atoms with Crippen LogP contribution >= 0.6 is 0 Å². The number of carbonyl (C=O) groups excluding carboxylic acids is 1. The molecule has 0 aliphatic carbocycles. The van der Waals surface area contributed by atoms with Crippen molar-refractivity contribution in [1.82, 2.24) is 9.97 Å². The van der Waals surface area contributed by atoms with E-state index in [2.05, 4.69) is 20.0 Å². The van der Waals surface area contributed by atoms with Crippen LogP contribution in [0.4, 0.5) is 17.2 Å². The summed E-state index contributed by atoms with van der Waals surface area (Å²) in [6, 6.07) is 7.90. The molecule has 0 amide bonds. The largest absolute Gasteiger partial charge is 0.464 e. The van der Waals surface area contributed by atoms with Crippen molar-refractivity contribution in [2.24, 2.45) is 0 Å². The van der Waals surface area contributed by atoms with Gasteiger partial charge in [-0.25, -0.2) is 14.8 Å². The summed E-state index contributed by atoms with van der Waals surface area (Å²) in [7, 11) is 5.28. The van der Waals surface area contributed by atoms with Crippen LogP contribution < -0.4 is 10.2 Å². The topological polar surface area (TPSA) is 67.3 Å². The predicted octanol–water partition coefficient (Wildman–Crippen LogP) is 2.07. The standard InChI is InChI=1S/C14H16N4O2/c1-18(2)11-6-4-10(5-7-11)17-13-9-15-12(8-16-13)14(19)20-3/h4-9H,1-3H3,(H,16,17). The van der Waals surface area contributed by atoms with Crippen LogP contribution in [-0.4, -0.2) is 37.1 Å². The lowest BCUT2D eigenvalue weighted by Crippen LogP contribution is -2.08. The molecule has 6 nitrogen and oxygen atoms in total. The average molecular weight is 272 g/mol. The zero-order valence-electron chi connectivity index (χ0n) is 11.6. The average Bonchev–Trinajstić information content (AvgIpc) is 2.48. The van der Waals surface area contributed by atoms with E-state index >= 15 is 0 Å². The number of ether oxygens (including phenoxy) is 1. The highest BCUT2D eigenvalue weighted by Gasteiger charge is 2.07. The van der Waals surface area contributed by atoms with Crippen molar-refractivity contribution in [3.05, 3.63) is 42.4 Å². The summed E-state index contributed by atoms with van der Waals surface area (Å²) in [6.07, 6.45) is 2.87. The normalized spacial score (nSPS) is 9.95. The molecule has 2 aromatic rings. The minimum absolute atomic E-state index is 0.181. The van der Waals surface area contributed by atoms with Crippen molar-refractivity contribution >= 4 is 23.2 Å². The first-order valence-corrected chi connectivity index (χ1v) is 6.05. The second-order valence-corrected chi connectivity index (χ2v) is 4.34. The van der Waals surface area contributed by atoms with Gasteiger partial charge in [-0.3, -0.25) is 0 Å². The predicted molar refractivity (Wildman–Crippen MR) is 77.4 cm³/mol. The highest BCUT2D eigenvalue weighted by Crippen LogP contribution is 2.18. The lowest BCUT2D eigenvalue weighted by atomic mass is 10.2. The minimum Gasteiger partial charge on any atom is -0.464 e. The summed E-state index contributed by atoms with van der Waals surface area (Å²) < 4.78 is 4.56. The molecule has 1 N–H and O–H groups in total. The Balaban J connectivity index is 2.08. The number of hydrogen-bond donors (Lipinski definition) is 1. The lowest BCUT2D eigenvalue weighted by Gasteiger charge is -2.13. The first-order valence-electron chi connectivity index (χ1n) is 6.05. The molecule has 0 spiro atoms. The number of nitrogens with one attached hydrogen (secondary N) is 1. The molecular formula is C14H16N4O2. The fourth-order valence-corrected chi connectivity index (χ4v) is 1.59. The molecule has 6 heteroatoms. The number of aromatic nitrogens is 2. The number of benzene rings is 1. The molecule has 1 aromatic carbocycles. The monoisotopic (exact) mass is 272 g/mol. The maximum absolute atomic E-state index is 11.2. The van der Waals surface area contributed by atoms with Crippen molar-refractivity contribution < 1.29 is 9.53 Å². The third-order valence-corrected chi connectivity index (χ3v) is 2.70. The van der Waals surface area contributed by atoms with Gasteiger partial charge in [0, 0.05) is 25.5 Å². The molecular weight excluding hydrogens is 256 g/mol. The van der Waals surface area contributed by atoms with Crippen molar-refractivity contribution in [3.63, 3.8) is 0 Å². The van der Waals surface area contributed by atoms with Crippen molar-refractivity contribution in [2.45, 2.75) is 0 Å². The van der Waals surface area contributed by atoms with Crippen LogP contribution in [0.3, 0.4) is 0 Å². The quantitative estimate of drug-likeness (QED) is 0.859. The molecule has 0 unspecified atom stereocenters. The van der Waals surface area contributed by atoms with Crippen molar-refractivity contribution in [1.29, 1.82) is 0 Å². The number of rotatable bonds is 4. The molecule has 104 valence electrons. The van der Waals surface area contributed by atoms with E-state index < -0.39 is 5.97 Å². The van der Waals surface area contributed by atoms with E-state index in [1.54, 1.807) is 0 Å². The van der Waals surface area contributed by atoms with Gasteiger partial charge in [0.15, 0.2) is 5.69 Å². The highest BCUT2D eigenvalue weighted by atomic mass is 16.5. The summed E-state index contributed by atoms with van der Waals surface area (Å²) in [4.78, 5) is 21.4. The second-order valence-electron chi connectivity index (χ2n) is 4.34. The minimum atomic E-state index is -0.501. The SMILES string of the molecule is COC(=O)c1cnc(Nc2ccc(N(C)C)cc2)cn1. The number of anilines is 3. The van der Waals surface area contributed by atoms with Crippen LogP contribution in [0.15, 0.2) is 36.7 Å². The van der Waals surface area contributed by atoms with Gasteiger partial charge in [-0.2, -0.15) is 0 Å². The summed E-state index contributed by atoms with van der Waals surface area (Å²) in [5.41, 5.74) is 2.19. The Labute approximate surface area is 117 Å². The molecule has 0 aliphatic heterocycles. The van der Waals surface area contributed by atoms with Crippen LogP contribution in [-0.2, 0) is 4.74 Å². The Kier molecular flexibility index (Phi) is 4.14. The zero-order chi connectivity index (χ0) is 14.5. The van der Waals surface area contributed by atoms with Crippen LogP contribution in [0.2, 0.25) is 0 Å². The Bertz CT molecular complexity index is 579. The van der Waals surface area contributed by atoms with Crippen LogP contribution in [0, 0.1) is 0 Å². The summed E-state index contributed by atoms with van der Waals surface area (Å²) in [5, 5.41) is 3.11. The molecule has 0 bridgehead atoms.